The first-order valence-corrected chi connectivity index (χ1v) is 10.2. The number of amides is 1. The molecule has 3 aromatic rings. The summed E-state index contributed by atoms with van der Waals surface area (Å²) in [6.45, 7) is 0. The lowest BCUT2D eigenvalue weighted by atomic mass is 10.1. The van der Waals surface area contributed by atoms with Crippen LogP contribution in [0.3, 0.4) is 0 Å². The molecule has 29 heavy (non-hydrogen) atoms. The van der Waals surface area contributed by atoms with E-state index in [1.54, 1.807) is 32.4 Å². The SMILES string of the molecule is COc1ccc(-c2csc(NC(=S)NC(=O)c3cc(Cl)ccc3Cl)n2)cc1OC. The highest BCUT2D eigenvalue weighted by molar-refractivity contribution is 7.80. The molecule has 0 radical (unpaired) electrons. The first-order valence-electron chi connectivity index (χ1n) is 8.16. The highest BCUT2D eigenvalue weighted by Gasteiger charge is 2.14. The van der Waals surface area contributed by atoms with Crippen LogP contribution < -0.4 is 20.1 Å². The molecule has 0 aliphatic heterocycles. The fourth-order valence-corrected chi connectivity index (χ4v) is 3.78. The summed E-state index contributed by atoms with van der Waals surface area (Å²) >= 11 is 18.5. The van der Waals surface area contributed by atoms with E-state index in [0.717, 1.165) is 11.3 Å². The standard InChI is InChI=1S/C19H15Cl2N3O3S2/c1-26-15-6-3-10(7-16(15)27-2)14-9-29-19(22-14)24-18(28)23-17(25)12-8-11(20)4-5-13(12)21/h3-9H,1-2H3,(H2,22,23,24,25,28). The maximum atomic E-state index is 12.4. The molecule has 1 amide bonds. The van der Waals surface area contributed by atoms with Gasteiger partial charge in [-0.1, -0.05) is 23.2 Å². The van der Waals surface area contributed by atoms with E-state index >= 15 is 0 Å². The van der Waals surface area contributed by atoms with Crippen molar-refractivity contribution in [1.29, 1.82) is 0 Å². The summed E-state index contributed by atoms with van der Waals surface area (Å²) in [5.41, 5.74) is 1.81. The first kappa shape index (κ1) is 21.3. The second-order valence-corrected chi connectivity index (χ2v) is 7.75. The van der Waals surface area contributed by atoms with Gasteiger partial charge in [0, 0.05) is 16.0 Å². The Morgan fingerprint density at radius 3 is 2.59 bits per heavy atom. The zero-order chi connectivity index (χ0) is 21.0. The van der Waals surface area contributed by atoms with Gasteiger partial charge in [0.2, 0.25) is 0 Å². The Bertz CT molecular complexity index is 1070. The summed E-state index contributed by atoms with van der Waals surface area (Å²) < 4.78 is 10.6. The lowest BCUT2D eigenvalue weighted by Gasteiger charge is -2.09. The van der Waals surface area contributed by atoms with Gasteiger partial charge in [0.25, 0.3) is 5.91 Å². The molecule has 1 aromatic heterocycles. The van der Waals surface area contributed by atoms with Gasteiger partial charge in [-0.3, -0.25) is 10.1 Å². The minimum absolute atomic E-state index is 0.0965. The van der Waals surface area contributed by atoms with Crippen LogP contribution in [0, 0.1) is 0 Å². The largest absolute Gasteiger partial charge is 0.493 e. The van der Waals surface area contributed by atoms with Crippen molar-refractivity contribution in [2.75, 3.05) is 19.5 Å². The molecule has 150 valence electrons. The van der Waals surface area contributed by atoms with E-state index in [4.69, 9.17) is 44.9 Å². The third-order valence-electron chi connectivity index (χ3n) is 3.80. The molecule has 0 spiro atoms. The minimum Gasteiger partial charge on any atom is -0.493 e. The number of ether oxygens (including phenoxy) is 2. The molecule has 0 bridgehead atoms. The van der Waals surface area contributed by atoms with Crippen LogP contribution >= 0.6 is 46.8 Å². The van der Waals surface area contributed by atoms with E-state index in [0.29, 0.717) is 21.7 Å². The molecule has 0 fully saturated rings. The molecule has 2 aromatic carbocycles. The lowest BCUT2D eigenvalue weighted by molar-refractivity contribution is 0.0978. The summed E-state index contributed by atoms with van der Waals surface area (Å²) in [4.78, 5) is 16.8. The van der Waals surface area contributed by atoms with E-state index in [2.05, 4.69) is 15.6 Å². The van der Waals surface area contributed by atoms with E-state index < -0.39 is 5.91 Å². The van der Waals surface area contributed by atoms with Gasteiger partial charge in [-0.15, -0.1) is 11.3 Å². The molecule has 6 nitrogen and oxygen atoms in total. The fourth-order valence-electron chi connectivity index (χ4n) is 2.43. The zero-order valence-corrected chi connectivity index (χ0v) is 18.4. The number of nitrogens with zero attached hydrogens (tertiary/aromatic N) is 1. The molecular weight excluding hydrogens is 453 g/mol. The quantitative estimate of drug-likeness (QED) is 0.498. The number of anilines is 1. The molecule has 0 saturated carbocycles. The van der Waals surface area contributed by atoms with Crippen molar-refractivity contribution in [2.24, 2.45) is 0 Å². The van der Waals surface area contributed by atoms with E-state index in [9.17, 15) is 4.79 Å². The average Bonchev–Trinajstić information content (AvgIpc) is 3.17. The first-order chi connectivity index (χ1) is 13.9. The number of halogens is 2. The Balaban J connectivity index is 1.69. The number of thiocarbonyl (C=S) groups is 1. The number of methoxy groups -OCH3 is 2. The number of aromatic nitrogens is 1. The van der Waals surface area contributed by atoms with Crippen molar-refractivity contribution in [3.8, 4) is 22.8 Å². The molecule has 10 heteroatoms. The van der Waals surface area contributed by atoms with Crippen LogP contribution in [0.2, 0.25) is 10.0 Å². The Labute approximate surface area is 186 Å². The highest BCUT2D eigenvalue weighted by atomic mass is 35.5. The van der Waals surface area contributed by atoms with Crippen LogP contribution in [0.25, 0.3) is 11.3 Å². The number of benzene rings is 2. The number of thiazole rings is 1. The molecule has 0 unspecified atom stereocenters. The predicted octanol–water partition coefficient (Wildman–Crippen LogP) is 5.26. The van der Waals surface area contributed by atoms with Crippen LogP contribution in [0.1, 0.15) is 10.4 Å². The number of nitrogens with one attached hydrogen (secondary N) is 2. The van der Waals surface area contributed by atoms with Gasteiger partial charge in [-0.05, 0) is 48.6 Å². The second-order valence-electron chi connectivity index (χ2n) is 5.64. The fraction of sp³-hybridized carbons (Fsp3) is 0.105. The summed E-state index contributed by atoms with van der Waals surface area (Å²) in [6, 6.07) is 10.1. The van der Waals surface area contributed by atoms with Crippen LogP contribution in [-0.2, 0) is 0 Å². The Kier molecular flexibility index (Phi) is 6.92. The predicted molar refractivity (Wildman–Crippen MR) is 121 cm³/mol. The Hall–Kier alpha value is -2.39. The van der Waals surface area contributed by atoms with Crippen molar-refractivity contribution in [3.05, 3.63) is 57.4 Å². The van der Waals surface area contributed by atoms with E-state index in [-0.39, 0.29) is 15.7 Å². The van der Waals surface area contributed by atoms with Crippen LogP contribution in [0.4, 0.5) is 5.13 Å². The van der Waals surface area contributed by atoms with Crippen LogP contribution in [0.15, 0.2) is 41.8 Å². The average molecular weight is 468 g/mol. The maximum absolute atomic E-state index is 12.4. The molecule has 0 aliphatic rings. The monoisotopic (exact) mass is 467 g/mol. The molecule has 1 heterocycles. The summed E-state index contributed by atoms with van der Waals surface area (Å²) in [5.74, 6) is 0.772. The minimum atomic E-state index is -0.466. The number of carbonyl (C=O) groups is 1. The van der Waals surface area contributed by atoms with Crippen molar-refractivity contribution in [3.63, 3.8) is 0 Å². The van der Waals surface area contributed by atoms with Crippen molar-refractivity contribution in [2.45, 2.75) is 0 Å². The summed E-state index contributed by atoms with van der Waals surface area (Å²) in [5, 5.41) is 8.62. The van der Waals surface area contributed by atoms with Crippen molar-refractivity contribution in [1.82, 2.24) is 10.3 Å². The molecule has 0 aliphatic carbocycles. The van der Waals surface area contributed by atoms with Gasteiger partial charge >= 0.3 is 0 Å². The van der Waals surface area contributed by atoms with Gasteiger partial charge < -0.3 is 14.8 Å². The van der Waals surface area contributed by atoms with Gasteiger partial charge in [0.15, 0.2) is 21.7 Å². The Morgan fingerprint density at radius 1 is 1.10 bits per heavy atom. The Morgan fingerprint density at radius 2 is 1.86 bits per heavy atom. The van der Waals surface area contributed by atoms with Crippen molar-refractivity contribution >= 4 is 62.9 Å². The second kappa shape index (κ2) is 9.41. The number of hydrogen-bond donors (Lipinski definition) is 2. The smallest absolute Gasteiger partial charge is 0.258 e. The molecule has 3 rings (SSSR count). The summed E-state index contributed by atoms with van der Waals surface area (Å²) in [7, 11) is 3.15. The van der Waals surface area contributed by atoms with Crippen LogP contribution in [0.5, 0.6) is 11.5 Å². The van der Waals surface area contributed by atoms with Gasteiger partial charge in [-0.25, -0.2) is 4.98 Å². The molecule has 2 N–H and O–H groups in total. The maximum Gasteiger partial charge on any atom is 0.258 e. The molecular formula is C19H15Cl2N3O3S2. The highest BCUT2D eigenvalue weighted by Crippen LogP contribution is 2.33. The zero-order valence-electron chi connectivity index (χ0n) is 15.3. The van der Waals surface area contributed by atoms with Gasteiger partial charge in [0.1, 0.15) is 0 Å². The van der Waals surface area contributed by atoms with Gasteiger partial charge in [-0.2, -0.15) is 0 Å². The van der Waals surface area contributed by atoms with Gasteiger partial charge in [0.05, 0.1) is 30.5 Å². The number of hydrogen-bond acceptors (Lipinski definition) is 6. The third-order valence-corrected chi connectivity index (χ3v) is 5.33. The van der Waals surface area contributed by atoms with E-state index in [1.165, 1.54) is 17.4 Å². The molecule has 0 atom stereocenters. The molecule has 0 saturated heterocycles. The van der Waals surface area contributed by atoms with Crippen molar-refractivity contribution < 1.29 is 14.3 Å². The topological polar surface area (TPSA) is 72.5 Å². The third kappa shape index (κ3) is 5.16. The van der Waals surface area contributed by atoms with E-state index in [1.807, 2.05) is 17.5 Å². The number of carbonyl (C=O) groups excluding carboxylic acids is 1. The lowest BCUT2D eigenvalue weighted by Crippen LogP contribution is -2.34. The normalized spacial score (nSPS) is 10.3. The summed E-state index contributed by atoms with van der Waals surface area (Å²) in [6.07, 6.45) is 0. The number of rotatable bonds is 5. The van der Waals surface area contributed by atoms with Crippen LogP contribution in [-0.4, -0.2) is 30.2 Å².